The van der Waals surface area contributed by atoms with E-state index in [-0.39, 0.29) is 24.6 Å². The molecule has 0 saturated carbocycles. The minimum atomic E-state index is -4.40. The van der Waals surface area contributed by atoms with E-state index < -0.39 is 27.9 Å². The van der Waals surface area contributed by atoms with Gasteiger partial charge in [0.25, 0.3) is 0 Å². The lowest BCUT2D eigenvalue weighted by Gasteiger charge is -2.36. The molecule has 4 rings (SSSR count). The summed E-state index contributed by atoms with van der Waals surface area (Å²) in [4.78, 5) is 2.23. The smallest absolute Gasteiger partial charge is 0.416 e. The van der Waals surface area contributed by atoms with Crippen molar-refractivity contribution in [2.45, 2.75) is 23.8 Å². The minimum Gasteiger partial charge on any atom is -0.493 e. The highest BCUT2D eigenvalue weighted by Gasteiger charge is 2.31. The summed E-state index contributed by atoms with van der Waals surface area (Å²) >= 11 is 6.06. The number of nitrogens with zero attached hydrogens (tertiary/aromatic N) is 2. The van der Waals surface area contributed by atoms with E-state index in [0.717, 1.165) is 17.7 Å². The van der Waals surface area contributed by atoms with Crippen molar-refractivity contribution in [1.82, 2.24) is 9.21 Å². The van der Waals surface area contributed by atoms with Crippen LogP contribution >= 0.6 is 11.6 Å². The third-order valence-corrected chi connectivity index (χ3v) is 8.87. The van der Waals surface area contributed by atoms with E-state index >= 15 is 0 Å². The highest BCUT2D eigenvalue weighted by atomic mass is 35.5. The number of benzene rings is 3. The molecule has 216 valence electrons. The van der Waals surface area contributed by atoms with Crippen molar-refractivity contribution in [1.29, 1.82) is 0 Å². The average Bonchev–Trinajstić information content (AvgIpc) is 2.95. The largest absolute Gasteiger partial charge is 0.493 e. The highest BCUT2D eigenvalue weighted by Crippen LogP contribution is 2.32. The molecule has 1 atom stereocenters. The second kappa shape index (κ2) is 12.8. The van der Waals surface area contributed by atoms with Crippen LogP contribution in [0.25, 0.3) is 0 Å². The Bertz CT molecular complexity index is 1380. The molecule has 0 amide bonds. The normalized spacial score (nSPS) is 16.1. The van der Waals surface area contributed by atoms with E-state index in [0.29, 0.717) is 41.7 Å². The van der Waals surface area contributed by atoms with Crippen LogP contribution in [0.15, 0.2) is 71.6 Å². The summed E-state index contributed by atoms with van der Waals surface area (Å²) in [7, 11) is -0.814. The van der Waals surface area contributed by atoms with E-state index in [4.69, 9.17) is 25.8 Å². The van der Waals surface area contributed by atoms with Crippen molar-refractivity contribution in [3.8, 4) is 11.5 Å². The molecule has 1 aliphatic rings. The first-order valence-corrected chi connectivity index (χ1v) is 14.3. The van der Waals surface area contributed by atoms with Crippen molar-refractivity contribution in [2.24, 2.45) is 0 Å². The number of halogens is 4. The van der Waals surface area contributed by atoms with Gasteiger partial charge in [0.15, 0.2) is 11.5 Å². The standard InChI is InChI=1S/C28H30ClF3N2O5S/c1-37-25-12-11-24(17-26(25)38-2)40(35,36)34-15-13-33(14-16-34)18-27(21-5-9-23(29)10-6-21)39-19-20-3-7-22(8-4-20)28(30,31)32/h3-12,17,27H,13-16,18-19H2,1-2H3. The second-order valence-corrected chi connectivity index (χ2v) is 11.6. The molecule has 1 fully saturated rings. The van der Waals surface area contributed by atoms with Crippen molar-refractivity contribution in [3.63, 3.8) is 0 Å². The molecule has 0 spiro atoms. The van der Waals surface area contributed by atoms with Gasteiger partial charge in [0.2, 0.25) is 10.0 Å². The Labute approximate surface area is 237 Å². The van der Waals surface area contributed by atoms with E-state index in [9.17, 15) is 21.6 Å². The number of hydrogen-bond acceptors (Lipinski definition) is 6. The highest BCUT2D eigenvalue weighted by molar-refractivity contribution is 7.89. The summed E-state index contributed by atoms with van der Waals surface area (Å²) in [5.74, 6) is 0.772. The van der Waals surface area contributed by atoms with Gasteiger partial charge in [0.05, 0.1) is 37.4 Å². The lowest BCUT2D eigenvalue weighted by molar-refractivity contribution is -0.137. The fourth-order valence-electron chi connectivity index (χ4n) is 4.43. The molecule has 0 aliphatic carbocycles. The first kappa shape index (κ1) is 30.1. The minimum absolute atomic E-state index is 0.110. The van der Waals surface area contributed by atoms with Gasteiger partial charge in [-0.25, -0.2) is 8.42 Å². The number of hydrogen-bond donors (Lipinski definition) is 0. The van der Waals surface area contributed by atoms with Crippen LogP contribution in [0.4, 0.5) is 13.2 Å². The summed E-state index contributed by atoms with van der Waals surface area (Å²) < 4.78 is 83.4. The zero-order valence-electron chi connectivity index (χ0n) is 22.0. The Morgan fingerprint density at radius 1 is 0.875 bits per heavy atom. The molecule has 0 radical (unpaired) electrons. The van der Waals surface area contributed by atoms with Crippen molar-refractivity contribution in [3.05, 3.63) is 88.4 Å². The van der Waals surface area contributed by atoms with Crippen molar-refractivity contribution in [2.75, 3.05) is 46.9 Å². The number of sulfonamides is 1. The molecule has 0 N–H and O–H groups in total. The van der Waals surface area contributed by atoms with Crippen LogP contribution < -0.4 is 9.47 Å². The molecule has 0 aromatic heterocycles. The maximum Gasteiger partial charge on any atom is 0.416 e. The number of piperazine rings is 1. The second-order valence-electron chi connectivity index (χ2n) is 9.27. The predicted molar refractivity (Wildman–Crippen MR) is 145 cm³/mol. The van der Waals surface area contributed by atoms with Gasteiger partial charge < -0.3 is 14.2 Å². The summed E-state index contributed by atoms with van der Waals surface area (Å²) in [5.41, 5.74) is 0.751. The van der Waals surface area contributed by atoms with Gasteiger partial charge in [-0.05, 0) is 47.5 Å². The quantitative estimate of drug-likeness (QED) is 0.301. The Kier molecular flexibility index (Phi) is 9.63. The first-order valence-electron chi connectivity index (χ1n) is 12.5. The Hall–Kier alpha value is -2.83. The molecule has 1 heterocycles. The topological polar surface area (TPSA) is 68.3 Å². The predicted octanol–water partition coefficient (Wildman–Crippen LogP) is 5.64. The zero-order valence-corrected chi connectivity index (χ0v) is 23.6. The lowest BCUT2D eigenvalue weighted by Crippen LogP contribution is -2.49. The van der Waals surface area contributed by atoms with Gasteiger partial charge in [0.1, 0.15) is 0 Å². The van der Waals surface area contributed by atoms with E-state index in [2.05, 4.69) is 4.90 Å². The van der Waals surface area contributed by atoms with E-state index in [1.165, 1.54) is 42.8 Å². The maximum atomic E-state index is 13.3. The van der Waals surface area contributed by atoms with Crippen LogP contribution in [0.5, 0.6) is 11.5 Å². The number of alkyl halides is 3. The van der Waals surface area contributed by atoms with Crippen LogP contribution in [0.3, 0.4) is 0 Å². The van der Waals surface area contributed by atoms with Crippen LogP contribution in [0.2, 0.25) is 5.02 Å². The molecule has 1 saturated heterocycles. The van der Waals surface area contributed by atoms with Gasteiger partial charge in [-0.2, -0.15) is 17.5 Å². The summed E-state index contributed by atoms with van der Waals surface area (Å²) in [6, 6.07) is 16.6. The summed E-state index contributed by atoms with van der Waals surface area (Å²) in [5, 5.41) is 0.569. The molecule has 3 aromatic carbocycles. The fraction of sp³-hybridized carbons (Fsp3) is 0.357. The molecule has 12 heteroatoms. The van der Waals surface area contributed by atoms with Gasteiger partial charge in [-0.15, -0.1) is 0 Å². The SMILES string of the molecule is COc1ccc(S(=O)(=O)N2CCN(CC(OCc3ccc(C(F)(F)F)cc3)c3ccc(Cl)cc3)CC2)cc1OC. The number of rotatable bonds is 10. The van der Waals surface area contributed by atoms with Gasteiger partial charge in [0, 0.05) is 43.8 Å². The van der Waals surface area contributed by atoms with Crippen molar-refractivity contribution >= 4 is 21.6 Å². The molecule has 1 unspecified atom stereocenters. The molecule has 40 heavy (non-hydrogen) atoms. The van der Waals surface area contributed by atoms with Crippen LogP contribution in [0.1, 0.15) is 22.8 Å². The van der Waals surface area contributed by atoms with E-state index in [1.807, 2.05) is 12.1 Å². The van der Waals surface area contributed by atoms with Gasteiger partial charge in [-0.3, -0.25) is 4.90 Å². The van der Waals surface area contributed by atoms with Crippen LogP contribution in [0, 0.1) is 0 Å². The summed E-state index contributed by atoms with van der Waals surface area (Å²) in [6.45, 7) is 2.08. The number of ether oxygens (including phenoxy) is 3. The molecular formula is C28H30ClF3N2O5S. The molecule has 0 bridgehead atoms. The van der Waals surface area contributed by atoms with Gasteiger partial charge >= 0.3 is 6.18 Å². The molecular weight excluding hydrogens is 569 g/mol. The monoisotopic (exact) mass is 598 g/mol. The third kappa shape index (κ3) is 7.27. The molecule has 1 aliphatic heterocycles. The Morgan fingerprint density at radius 3 is 2.08 bits per heavy atom. The summed E-state index contributed by atoms with van der Waals surface area (Å²) in [6.07, 6.45) is -4.81. The molecule has 3 aromatic rings. The van der Waals surface area contributed by atoms with Crippen LogP contribution in [-0.2, 0) is 27.5 Å². The van der Waals surface area contributed by atoms with Gasteiger partial charge in [-0.1, -0.05) is 35.9 Å². The zero-order chi connectivity index (χ0) is 28.9. The third-order valence-electron chi connectivity index (χ3n) is 6.72. The Balaban J connectivity index is 1.42. The van der Waals surface area contributed by atoms with Crippen LogP contribution in [-0.4, -0.2) is 64.6 Å². The molecule has 7 nitrogen and oxygen atoms in total. The van der Waals surface area contributed by atoms with Crippen molar-refractivity contribution < 1.29 is 35.8 Å². The Morgan fingerprint density at radius 2 is 1.50 bits per heavy atom. The lowest BCUT2D eigenvalue weighted by atomic mass is 10.1. The fourth-order valence-corrected chi connectivity index (χ4v) is 6.00. The number of methoxy groups -OCH3 is 2. The maximum absolute atomic E-state index is 13.3. The first-order chi connectivity index (χ1) is 19.0. The average molecular weight is 599 g/mol. The van der Waals surface area contributed by atoms with E-state index in [1.54, 1.807) is 18.2 Å².